The number of rotatable bonds is 2. The van der Waals surface area contributed by atoms with Crippen molar-refractivity contribution in [2.75, 3.05) is 0 Å². The fourth-order valence-corrected chi connectivity index (χ4v) is 0.731. The molecule has 0 heterocycles. The van der Waals surface area contributed by atoms with Gasteiger partial charge in [0.15, 0.2) is 0 Å². The predicted octanol–water partition coefficient (Wildman–Crippen LogP) is 1.12. The molecule has 0 fully saturated rings. The molecule has 0 spiro atoms. The molecule has 0 saturated carbocycles. The van der Waals surface area contributed by atoms with Gasteiger partial charge in [-0.15, -0.1) is 0 Å². The average molecular weight is 148 g/mol. The first-order valence-corrected chi connectivity index (χ1v) is 3.10. The molecule has 3 nitrogen and oxygen atoms in total. The number of nitrogens with zero attached hydrogens (tertiary/aromatic N) is 1. The van der Waals surface area contributed by atoms with E-state index >= 15 is 0 Å². The Morgan fingerprint density at radius 2 is 1.91 bits per heavy atom. The van der Waals surface area contributed by atoms with Crippen LogP contribution in [0.2, 0.25) is 0 Å². The Bertz CT molecular complexity index is 277. The molecular formula is C8H8N2O. The molecule has 1 aromatic carbocycles. The minimum atomic E-state index is -0.430. The van der Waals surface area contributed by atoms with Crippen LogP contribution in [0.1, 0.15) is 10.4 Å². The molecule has 0 unspecified atom stereocenters. The third-order valence-corrected chi connectivity index (χ3v) is 1.33. The lowest BCUT2D eigenvalue weighted by atomic mass is 10.2. The zero-order chi connectivity index (χ0) is 8.27. The van der Waals surface area contributed by atoms with Crippen LogP contribution in [-0.2, 0) is 0 Å². The van der Waals surface area contributed by atoms with Crippen molar-refractivity contribution in [1.82, 2.24) is 0 Å². The fraction of sp³-hybridized carbons (Fsp3) is 0. The summed E-state index contributed by atoms with van der Waals surface area (Å²) in [5.74, 6) is -0.430. The van der Waals surface area contributed by atoms with Gasteiger partial charge in [-0.25, -0.2) is 0 Å². The van der Waals surface area contributed by atoms with Crippen LogP contribution < -0.4 is 5.73 Å². The Hall–Kier alpha value is -1.64. The number of amides is 1. The van der Waals surface area contributed by atoms with Crippen molar-refractivity contribution in [3.63, 3.8) is 0 Å². The summed E-state index contributed by atoms with van der Waals surface area (Å²) in [5.41, 5.74) is 6.24. The maximum Gasteiger partial charge on any atom is 0.248 e. The van der Waals surface area contributed by atoms with E-state index in [1.54, 1.807) is 24.3 Å². The summed E-state index contributed by atoms with van der Waals surface area (Å²) in [7, 11) is 0. The maximum absolute atomic E-state index is 10.6. The quantitative estimate of drug-likeness (QED) is 0.627. The Morgan fingerprint density at radius 3 is 2.27 bits per heavy atom. The molecule has 0 bridgehead atoms. The highest BCUT2D eigenvalue weighted by molar-refractivity contribution is 5.93. The number of aliphatic imine (C=N–C) groups is 1. The first kappa shape index (κ1) is 7.47. The van der Waals surface area contributed by atoms with Crippen molar-refractivity contribution < 1.29 is 4.79 Å². The zero-order valence-corrected chi connectivity index (χ0v) is 5.95. The van der Waals surface area contributed by atoms with Crippen LogP contribution in [0.3, 0.4) is 0 Å². The van der Waals surface area contributed by atoms with Gasteiger partial charge in [-0.1, -0.05) is 0 Å². The highest BCUT2D eigenvalue weighted by atomic mass is 16.1. The molecule has 0 aliphatic carbocycles. The molecule has 0 radical (unpaired) electrons. The molecule has 56 valence electrons. The van der Waals surface area contributed by atoms with E-state index in [2.05, 4.69) is 11.7 Å². The van der Waals surface area contributed by atoms with Gasteiger partial charge >= 0.3 is 0 Å². The molecule has 3 heteroatoms. The first-order valence-electron chi connectivity index (χ1n) is 3.10. The van der Waals surface area contributed by atoms with Gasteiger partial charge in [-0.2, -0.15) is 0 Å². The van der Waals surface area contributed by atoms with Crippen molar-refractivity contribution in [2.24, 2.45) is 10.7 Å². The van der Waals surface area contributed by atoms with Gasteiger partial charge in [0.2, 0.25) is 5.91 Å². The van der Waals surface area contributed by atoms with E-state index < -0.39 is 5.91 Å². The Morgan fingerprint density at radius 1 is 1.36 bits per heavy atom. The van der Waals surface area contributed by atoms with E-state index in [0.717, 1.165) is 5.69 Å². The SMILES string of the molecule is C=Nc1ccc(C(N)=O)cc1. The van der Waals surface area contributed by atoms with Gasteiger partial charge in [0.25, 0.3) is 0 Å². The summed E-state index contributed by atoms with van der Waals surface area (Å²) in [6.07, 6.45) is 0. The van der Waals surface area contributed by atoms with E-state index in [-0.39, 0.29) is 0 Å². The smallest absolute Gasteiger partial charge is 0.248 e. The van der Waals surface area contributed by atoms with Crippen LogP contribution in [0.25, 0.3) is 0 Å². The molecule has 0 aliphatic heterocycles. The molecule has 11 heavy (non-hydrogen) atoms. The fourth-order valence-electron chi connectivity index (χ4n) is 0.731. The third-order valence-electron chi connectivity index (χ3n) is 1.33. The Kier molecular flexibility index (Phi) is 2.01. The summed E-state index contributed by atoms with van der Waals surface area (Å²) in [5, 5.41) is 0. The van der Waals surface area contributed by atoms with Crippen LogP contribution in [0.5, 0.6) is 0 Å². The number of hydrogen-bond donors (Lipinski definition) is 1. The number of carbonyl (C=O) groups is 1. The van der Waals surface area contributed by atoms with E-state index in [4.69, 9.17) is 5.73 Å². The molecule has 1 aromatic rings. The van der Waals surface area contributed by atoms with Crippen molar-refractivity contribution in [3.05, 3.63) is 29.8 Å². The molecule has 1 amide bonds. The monoisotopic (exact) mass is 148 g/mol. The van der Waals surface area contributed by atoms with Crippen molar-refractivity contribution in [3.8, 4) is 0 Å². The second-order valence-electron chi connectivity index (χ2n) is 2.07. The average Bonchev–Trinajstić information content (AvgIpc) is 2.05. The molecule has 1 rings (SSSR count). The highest BCUT2D eigenvalue weighted by Gasteiger charge is 1.97. The van der Waals surface area contributed by atoms with Gasteiger partial charge in [0.1, 0.15) is 0 Å². The van der Waals surface area contributed by atoms with Crippen LogP contribution in [0, 0.1) is 0 Å². The van der Waals surface area contributed by atoms with Crippen molar-refractivity contribution in [2.45, 2.75) is 0 Å². The largest absolute Gasteiger partial charge is 0.366 e. The van der Waals surface area contributed by atoms with Gasteiger partial charge in [-0.05, 0) is 31.0 Å². The van der Waals surface area contributed by atoms with E-state index in [1.165, 1.54) is 0 Å². The molecule has 2 N–H and O–H groups in total. The predicted molar refractivity (Wildman–Crippen MR) is 44.2 cm³/mol. The van der Waals surface area contributed by atoms with Crippen LogP contribution >= 0.6 is 0 Å². The highest BCUT2D eigenvalue weighted by Crippen LogP contribution is 2.10. The number of carbonyl (C=O) groups excluding carboxylic acids is 1. The van der Waals surface area contributed by atoms with Gasteiger partial charge in [0.05, 0.1) is 5.69 Å². The van der Waals surface area contributed by atoms with Gasteiger partial charge in [0, 0.05) is 5.56 Å². The topological polar surface area (TPSA) is 55.4 Å². The third kappa shape index (κ3) is 1.64. The number of benzene rings is 1. The van der Waals surface area contributed by atoms with Crippen LogP contribution in [-0.4, -0.2) is 12.6 Å². The molecule has 0 atom stereocenters. The minimum Gasteiger partial charge on any atom is -0.366 e. The first-order chi connectivity index (χ1) is 5.24. The minimum absolute atomic E-state index is 0.430. The lowest BCUT2D eigenvalue weighted by molar-refractivity contribution is 0.100. The van der Waals surface area contributed by atoms with E-state index in [9.17, 15) is 4.79 Å². The van der Waals surface area contributed by atoms with Crippen molar-refractivity contribution in [1.29, 1.82) is 0 Å². The second kappa shape index (κ2) is 2.96. The number of hydrogen-bond acceptors (Lipinski definition) is 2. The number of primary amides is 1. The Balaban J connectivity index is 3.00. The molecule has 0 aromatic heterocycles. The van der Waals surface area contributed by atoms with Crippen LogP contribution in [0.4, 0.5) is 5.69 Å². The maximum atomic E-state index is 10.6. The van der Waals surface area contributed by atoms with Crippen molar-refractivity contribution >= 4 is 18.3 Å². The number of nitrogens with two attached hydrogens (primary N) is 1. The Labute approximate surface area is 64.6 Å². The lowest BCUT2D eigenvalue weighted by Crippen LogP contribution is -2.10. The summed E-state index contributed by atoms with van der Waals surface area (Å²) in [6, 6.07) is 6.61. The zero-order valence-electron chi connectivity index (χ0n) is 5.95. The molecule has 0 aliphatic rings. The lowest BCUT2D eigenvalue weighted by Gasteiger charge is -1.94. The normalized spacial score (nSPS) is 9.09. The second-order valence-corrected chi connectivity index (χ2v) is 2.07. The van der Waals surface area contributed by atoms with E-state index in [1.807, 2.05) is 0 Å². The summed E-state index contributed by atoms with van der Waals surface area (Å²) < 4.78 is 0. The van der Waals surface area contributed by atoms with Gasteiger partial charge in [-0.3, -0.25) is 9.79 Å². The summed E-state index contributed by atoms with van der Waals surface area (Å²) >= 11 is 0. The standard InChI is InChI=1S/C8H8N2O/c1-10-7-4-2-6(3-5-7)8(9)11/h2-5H,1H2,(H2,9,11). The molecule has 0 saturated heterocycles. The summed E-state index contributed by atoms with van der Waals surface area (Å²) in [6.45, 7) is 3.34. The van der Waals surface area contributed by atoms with Gasteiger partial charge < -0.3 is 5.73 Å². The summed E-state index contributed by atoms with van der Waals surface area (Å²) in [4.78, 5) is 14.2. The van der Waals surface area contributed by atoms with Crippen LogP contribution in [0.15, 0.2) is 29.3 Å². The molecular weight excluding hydrogens is 140 g/mol. The van der Waals surface area contributed by atoms with E-state index in [0.29, 0.717) is 5.56 Å².